The molecule has 0 heterocycles. The van der Waals surface area contributed by atoms with Crippen LogP contribution in [0.4, 0.5) is 0 Å². The van der Waals surface area contributed by atoms with Gasteiger partial charge in [0.05, 0.1) is 18.1 Å². The number of hydrogen-bond donors (Lipinski definition) is 0. The van der Waals surface area contributed by atoms with E-state index in [1.54, 1.807) is 12.2 Å². The summed E-state index contributed by atoms with van der Waals surface area (Å²) >= 11 is 0. The number of fused-ring (bicyclic) bond motifs is 2. The molecule has 0 fully saturated rings. The molecule has 0 N–H and O–H groups in total. The van der Waals surface area contributed by atoms with E-state index in [4.69, 9.17) is 14.7 Å². The van der Waals surface area contributed by atoms with Gasteiger partial charge in [-0.15, -0.1) is 0 Å². The summed E-state index contributed by atoms with van der Waals surface area (Å²) in [7, 11) is 0. The molecule has 0 unspecified atom stereocenters. The summed E-state index contributed by atoms with van der Waals surface area (Å²) in [5.41, 5.74) is 6.78. The number of benzene rings is 2. The van der Waals surface area contributed by atoms with Gasteiger partial charge >= 0.3 is 0 Å². The second-order valence-corrected chi connectivity index (χ2v) is 7.64. The lowest BCUT2D eigenvalue weighted by Gasteiger charge is -2.17. The molecule has 2 aromatic carbocycles. The van der Waals surface area contributed by atoms with Crippen LogP contribution in [0.25, 0.3) is 11.1 Å². The van der Waals surface area contributed by atoms with Crippen LogP contribution in [0.15, 0.2) is 73.9 Å². The summed E-state index contributed by atoms with van der Waals surface area (Å²) in [5, 5.41) is 17.7. The van der Waals surface area contributed by atoms with Gasteiger partial charge in [0.15, 0.2) is 0 Å². The second kappa shape index (κ2) is 11.6. The van der Waals surface area contributed by atoms with E-state index < -0.39 is 0 Å². The Morgan fingerprint density at radius 2 is 1.33 bits per heavy atom. The summed E-state index contributed by atoms with van der Waals surface area (Å²) in [5.74, 6) is 1.28. The van der Waals surface area contributed by atoms with Gasteiger partial charge in [0.25, 0.3) is 0 Å². The minimum atomic E-state index is -0.318. The van der Waals surface area contributed by atoms with Gasteiger partial charge < -0.3 is 9.47 Å². The lowest BCUT2D eigenvalue weighted by Crippen LogP contribution is -2.04. The fraction of sp³-hybridized carbons (Fsp3) is 0.241. The lowest BCUT2D eigenvalue weighted by molar-refractivity contribution is 0.363. The van der Waals surface area contributed by atoms with Crippen LogP contribution in [0.2, 0.25) is 0 Å². The molecule has 166 valence electrons. The maximum absolute atomic E-state index is 10.1. The number of rotatable bonds is 8. The van der Waals surface area contributed by atoms with Crippen molar-refractivity contribution in [3.8, 4) is 23.6 Å². The highest BCUT2D eigenvalue weighted by Gasteiger charge is 2.29. The van der Waals surface area contributed by atoms with Crippen molar-refractivity contribution in [3.63, 3.8) is 0 Å². The fourth-order valence-corrected chi connectivity index (χ4v) is 4.01. The monoisotopic (exact) mass is 436 g/mol. The van der Waals surface area contributed by atoms with Gasteiger partial charge in [-0.05, 0) is 70.5 Å². The first-order valence-corrected chi connectivity index (χ1v) is 11.1. The summed E-state index contributed by atoms with van der Waals surface area (Å²) in [6.07, 6.45) is 10.1. The first-order chi connectivity index (χ1) is 16.2. The molecule has 4 nitrogen and oxygen atoms in total. The van der Waals surface area contributed by atoms with Crippen molar-refractivity contribution >= 4 is 11.1 Å². The summed E-state index contributed by atoms with van der Waals surface area (Å²) in [4.78, 5) is 0. The Labute approximate surface area is 196 Å². The second-order valence-electron chi connectivity index (χ2n) is 7.64. The molecule has 0 amide bonds. The zero-order chi connectivity index (χ0) is 23.6. The van der Waals surface area contributed by atoms with E-state index in [0.717, 1.165) is 46.6 Å². The SMILES string of the molecule is C=CCOc1ccc2c(c1)C(C(C#N)C1=CCc3ccc(OCC=C)cc31)=CC2.CCC#N. The first-order valence-electron chi connectivity index (χ1n) is 11.1. The van der Waals surface area contributed by atoms with Crippen LogP contribution in [0.5, 0.6) is 11.5 Å². The topological polar surface area (TPSA) is 66.0 Å². The van der Waals surface area contributed by atoms with Crippen molar-refractivity contribution in [1.29, 1.82) is 10.5 Å². The maximum Gasteiger partial charge on any atom is 0.120 e. The van der Waals surface area contributed by atoms with Gasteiger partial charge in [-0.1, -0.05) is 56.5 Å². The standard InChI is InChI=1S/C26H23NO2.C3H5N/c1-3-13-28-20-9-5-18-7-11-22(24(18)15-20)26(17-27)23-12-8-19-6-10-21(16-25(19)23)29-14-4-2;1-2-3-4/h3-6,9-12,15-16,26H,1-2,7-8,13-14H2;2H2,1H3. The van der Waals surface area contributed by atoms with Crippen molar-refractivity contribution in [2.75, 3.05) is 13.2 Å². The van der Waals surface area contributed by atoms with Crippen LogP contribution in [0.1, 0.15) is 35.6 Å². The van der Waals surface area contributed by atoms with Crippen LogP contribution in [-0.2, 0) is 12.8 Å². The normalized spacial score (nSPS) is 12.7. The summed E-state index contributed by atoms with van der Waals surface area (Å²) in [6, 6.07) is 16.7. The molecular weight excluding hydrogens is 408 g/mol. The van der Waals surface area contributed by atoms with E-state index in [1.165, 1.54) is 11.1 Å². The third-order valence-electron chi connectivity index (χ3n) is 5.51. The highest BCUT2D eigenvalue weighted by molar-refractivity contribution is 5.90. The highest BCUT2D eigenvalue weighted by atomic mass is 16.5. The van der Waals surface area contributed by atoms with Crippen molar-refractivity contribution < 1.29 is 9.47 Å². The van der Waals surface area contributed by atoms with Gasteiger partial charge in [-0.25, -0.2) is 0 Å². The maximum atomic E-state index is 10.1. The van der Waals surface area contributed by atoms with Crippen molar-refractivity contribution in [1.82, 2.24) is 0 Å². The fourth-order valence-electron chi connectivity index (χ4n) is 4.01. The number of hydrogen-bond acceptors (Lipinski definition) is 4. The van der Waals surface area contributed by atoms with Crippen LogP contribution in [0, 0.1) is 28.6 Å². The molecule has 4 heteroatoms. The molecular formula is C29H28N2O2. The van der Waals surface area contributed by atoms with E-state index in [9.17, 15) is 5.26 Å². The van der Waals surface area contributed by atoms with E-state index in [0.29, 0.717) is 19.6 Å². The Hall–Kier alpha value is -4.02. The molecule has 0 radical (unpaired) electrons. The van der Waals surface area contributed by atoms with Crippen LogP contribution in [0.3, 0.4) is 0 Å². The predicted molar refractivity (Wildman–Crippen MR) is 133 cm³/mol. The van der Waals surface area contributed by atoms with E-state index in [2.05, 4.69) is 43.5 Å². The first kappa shape index (κ1) is 23.6. The molecule has 4 rings (SSSR count). The van der Waals surface area contributed by atoms with E-state index >= 15 is 0 Å². The molecule has 0 saturated heterocycles. The van der Waals surface area contributed by atoms with Gasteiger partial charge in [-0.3, -0.25) is 0 Å². The summed E-state index contributed by atoms with van der Waals surface area (Å²) < 4.78 is 11.4. The third kappa shape index (κ3) is 5.43. The van der Waals surface area contributed by atoms with Crippen molar-refractivity contribution in [2.45, 2.75) is 26.2 Å². The van der Waals surface area contributed by atoms with E-state index in [-0.39, 0.29) is 5.92 Å². The molecule has 0 aromatic heterocycles. The number of nitrogens with zero attached hydrogens (tertiary/aromatic N) is 2. The Bertz CT molecular complexity index is 1100. The average Bonchev–Trinajstić information content (AvgIpc) is 3.46. The zero-order valence-electron chi connectivity index (χ0n) is 19.0. The third-order valence-corrected chi connectivity index (χ3v) is 5.51. The minimum absolute atomic E-state index is 0.318. The molecule has 0 aliphatic heterocycles. The van der Waals surface area contributed by atoms with Gasteiger partial charge in [0.2, 0.25) is 0 Å². The zero-order valence-corrected chi connectivity index (χ0v) is 19.0. The molecule has 0 bridgehead atoms. The van der Waals surface area contributed by atoms with Crippen molar-refractivity contribution in [3.05, 3.63) is 96.1 Å². The van der Waals surface area contributed by atoms with Crippen LogP contribution >= 0.6 is 0 Å². The molecule has 2 aliphatic rings. The molecule has 0 atom stereocenters. The van der Waals surface area contributed by atoms with E-state index in [1.807, 2.05) is 37.3 Å². The molecule has 33 heavy (non-hydrogen) atoms. The molecule has 2 aliphatic carbocycles. The summed E-state index contributed by atoms with van der Waals surface area (Å²) in [6.45, 7) is 10.1. The number of allylic oxidation sites excluding steroid dienone is 4. The largest absolute Gasteiger partial charge is 0.490 e. The molecule has 0 spiro atoms. The Balaban J connectivity index is 0.000000709. The predicted octanol–water partition coefficient (Wildman–Crippen LogP) is 6.46. The quantitative estimate of drug-likeness (QED) is 0.446. The van der Waals surface area contributed by atoms with Gasteiger partial charge in [-0.2, -0.15) is 10.5 Å². The molecule has 2 aromatic rings. The Morgan fingerprint density at radius 3 is 1.70 bits per heavy atom. The minimum Gasteiger partial charge on any atom is -0.490 e. The smallest absolute Gasteiger partial charge is 0.120 e. The average molecular weight is 437 g/mol. The lowest BCUT2D eigenvalue weighted by atomic mass is 9.86. The Morgan fingerprint density at radius 1 is 0.879 bits per heavy atom. The highest BCUT2D eigenvalue weighted by Crippen LogP contribution is 2.44. The Kier molecular flexibility index (Phi) is 8.28. The van der Waals surface area contributed by atoms with Crippen LogP contribution < -0.4 is 9.47 Å². The van der Waals surface area contributed by atoms with Crippen LogP contribution in [-0.4, -0.2) is 13.2 Å². The number of ether oxygens (including phenoxy) is 2. The number of nitriles is 2. The van der Waals surface area contributed by atoms with Gasteiger partial charge in [0.1, 0.15) is 24.7 Å². The van der Waals surface area contributed by atoms with Gasteiger partial charge in [0, 0.05) is 6.42 Å². The molecule has 0 saturated carbocycles. The van der Waals surface area contributed by atoms with Crippen molar-refractivity contribution in [2.24, 2.45) is 5.92 Å².